The number of benzene rings is 1. The zero-order valence-electron chi connectivity index (χ0n) is 9.83. The van der Waals surface area contributed by atoms with Gasteiger partial charge in [-0.2, -0.15) is 0 Å². The van der Waals surface area contributed by atoms with E-state index >= 15 is 0 Å². The predicted octanol–water partition coefficient (Wildman–Crippen LogP) is 3.03. The molecule has 3 N–H and O–H groups in total. The highest BCUT2D eigenvalue weighted by Crippen LogP contribution is 2.27. The molecule has 0 spiro atoms. The van der Waals surface area contributed by atoms with Gasteiger partial charge in [0.15, 0.2) is 0 Å². The topological polar surface area (TPSA) is 44.3 Å². The van der Waals surface area contributed by atoms with Crippen molar-refractivity contribution in [1.82, 2.24) is 0 Å². The average Bonchev–Trinajstić information content (AvgIpc) is 2.08. The number of nitrogens with one attached hydrogen (secondary N) is 2. The van der Waals surface area contributed by atoms with Gasteiger partial charge in [0.05, 0.1) is 5.69 Å². The molecule has 0 saturated heterocycles. The zero-order chi connectivity index (χ0) is 11.4. The van der Waals surface area contributed by atoms with E-state index in [1.807, 2.05) is 26.0 Å². The molecule has 0 fully saturated rings. The van der Waals surface area contributed by atoms with Crippen LogP contribution in [0.3, 0.4) is 0 Å². The van der Waals surface area contributed by atoms with Crippen LogP contribution in [0.5, 0.6) is 5.75 Å². The van der Waals surface area contributed by atoms with Crippen LogP contribution in [-0.2, 0) is 0 Å². The molecule has 0 amide bonds. The first-order valence-electron chi connectivity index (χ1n) is 5.35. The first-order chi connectivity index (χ1) is 6.99. The Balaban J connectivity index is 2.78. The molecule has 3 nitrogen and oxygen atoms in total. The Labute approximate surface area is 91.5 Å². The minimum atomic E-state index is 0.286. The molecule has 0 unspecified atom stereocenters. The number of phenols is 1. The molecule has 0 aliphatic carbocycles. The van der Waals surface area contributed by atoms with E-state index in [9.17, 15) is 5.11 Å². The summed E-state index contributed by atoms with van der Waals surface area (Å²) >= 11 is 0. The van der Waals surface area contributed by atoms with Crippen molar-refractivity contribution in [3.63, 3.8) is 0 Å². The second-order valence-corrected chi connectivity index (χ2v) is 4.33. The van der Waals surface area contributed by atoms with Crippen LogP contribution in [0.15, 0.2) is 18.2 Å². The van der Waals surface area contributed by atoms with Gasteiger partial charge >= 0.3 is 0 Å². The molecular weight excluding hydrogens is 188 g/mol. The minimum Gasteiger partial charge on any atom is -0.506 e. The van der Waals surface area contributed by atoms with Gasteiger partial charge < -0.3 is 15.7 Å². The van der Waals surface area contributed by atoms with Crippen LogP contribution in [0.2, 0.25) is 0 Å². The second-order valence-electron chi connectivity index (χ2n) is 4.33. The van der Waals surface area contributed by atoms with Gasteiger partial charge in [-0.15, -0.1) is 0 Å². The van der Waals surface area contributed by atoms with Gasteiger partial charge in [-0.1, -0.05) is 0 Å². The van der Waals surface area contributed by atoms with Crippen LogP contribution in [0.25, 0.3) is 0 Å². The molecule has 0 atom stereocenters. The van der Waals surface area contributed by atoms with Crippen LogP contribution in [0.4, 0.5) is 11.4 Å². The summed E-state index contributed by atoms with van der Waals surface area (Å²) in [6.45, 7) is 8.22. The number of rotatable bonds is 4. The Bertz CT molecular complexity index is 321. The summed E-state index contributed by atoms with van der Waals surface area (Å²) in [5.41, 5.74) is 1.72. The van der Waals surface area contributed by atoms with Gasteiger partial charge in [0.1, 0.15) is 5.75 Å². The molecule has 0 heterocycles. The summed E-state index contributed by atoms with van der Waals surface area (Å²) in [7, 11) is 0. The molecule has 0 radical (unpaired) electrons. The first kappa shape index (κ1) is 11.7. The van der Waals surface area contributed by atoms with E-state index in [2.05, 4.69) is 24.5 Å². The number of hydrogen-bond donors (Lipinski definition) is 3. The fourth-order valence-corrected chi connectivity index (χ4v) is 1.39. The Morgan fingerprint density at radius 2 is 1.60 bits per heavy atom. The lowest BCUT2D eigenvalue weighted by Crippen LogP contribution is -2.11. The highest BCUT2D eigenvalue weighted by molar-refractivity contribution is 5.63. The van der Waals surface area contributed by atoms with Crippen molar-refractivity contribution in [2.24, 2.45) is 0 Å². The van der Waals surface area contributed by atoms with Gasteiger partial charge in [-0.05, 0) is 39.8 Å². The average molecular weight is 208 g/mol. The maximum absolute atomic E-state index is 9.75. The van der Waals surface area contributed by atoms with Crippen molar-refractivity contribution >= 4 is 11.4 Å². The summed E-state index contributed by atoms with van der Waals surface area (Å²) in [5, 5.41) is 16.2. The molecule has 1 aromatic rings. The minimum absolute atomic E-state index is 0.286. The van der Waals surface area contributed by atoms with Crippen LogP contribution < -0.4 is 10.6 Å². The van der Waals surface area contributed by atoms with Gasteiger partial charge in [0.25, 0.3) is 0 Å². The zero-order valence-corrected chi connectivity index (χ0v) is 9.83. The smallest absolute Gasteiger partial charge is 0.140 e. The van der Waals surface area contributed by atoms with Gasteiger partial charge in [-0.3, -0.25) is 0 Å². The SMILES string of the molecule is CC(C)Nc1ccc(NC(C)C)c(O)c1. The van der Waals surface area contributed by atoms with Crippen LogP contribution in [-0.4, -0.2) is 17.2 Å². The van der Waals surface area contributed by atoms with E-state index < -0.39 is 0 Å². The lowest BCUT2D eigenvalue weighted by molar-refractivity contribution is 0.477. The van der Waals surface area contributed by atoms with Crippen molar-refractivity contribution in [2.75, 3.05) is 10.6 Å². The molecule has 0 bridgehead atoms. The highest BCUT2D eigenvalue weighted by Gasteiger charge is 2.04. The Morgan fingerprint density at radius 3 is 2.07 bits per heavy atom. The Hall–Kier alpha value is -1.38. The number of hydrogen-bond acceptors (Lipinski definition) is 3. The third-order valence-electron chi connectivity index (χ3n) is 1.90. The summed E-state index contributed by atoms with van der Waals surface area (Å²) in [6.07, 6.45) is 0. The first-order valence-corrected chi connectivity index (χ1v) is 5.35. The molecule has 1 aromatic carbocycles. The summed E-state index contributed by atoms with van der Waals surface area (Å²) < 4.78 is 0. The standard InChI is InChI=1S/C12H20N2O/c1-8(2)13-10-5-6-11(12(15)7-10)14-9(3)4/h5-9,13-15H,1-4H3. The molecule has 0 saturated carbocycles. The summed E-state index contributed by atoms with van der Waals surface area (Å²) in [5.74, 6) is 0.286. The molecular formula is C12H20N2O. The summed E-state index contributed by atoms with van der Waals surface area (Å²) in [6, 6.07) is 6.28. The molecule has 0 aromatic heterocycles. The lowest BCUT2D eigenvalue weighted by atomic mass is 10.2. The Morgan fingerprint density at radius 1 is 1.00 bits per heavy atom. The fraction of sp³-hybridized carbons (Fsp3) is 0.500. The third kappa shape index (κ3) is 3.70. The van der Waals surface area contributed by atoms with Gasteiger partial charge in [0, 0.05) is 23.8 Å². The molecule has 84 valence electrons. The van der Waals surface area contributed by atoms with E-state index in [-0.39, 0.29) is 5.75 Å². The van der Waals surface area contributed by atoms with Crippen molar-refractivity contribution in [2.45, 2.75) is 39.8 Å². The van der Waals surface area contributed by atoms with E-state index in [0.717, 1.165) is 11.4 Å². The van der Waals surface area contributed by atoms with Crippen molar-refractivity contribution < 1.29 is 5.11 Å². The maximum Gasteiger partial charge on any atom is 0.140 e. The molecule has 0 aliphatic heterocycles. The fourth-order valence-electron chi connectivity index (χ4n) is 1.39. The summed E-state index contributed by atoms with van der Waals surface area (Å²) in [4.78, 5) is 0. The maximum atomic E-state index is 9.75. The van der Waals surface area contributed by atoms with E-state index in [1.165, 1.54) is 0 Å². The molecule has 0 aliphatic rings. The van der Waals surface area contributed by atoms with Crippen LogP contribution in [0.1, 0.15) is 27.7 Å². The molecule has 15 heavy (non-hydrogen) atoms. The van der Waals surface area contributed by atoms with Crippen molar-refractivity contribution in [3.8, 4) is 5.75 Å². The Kier molecular flexibility index (Phi) is 3.83. The second kappa shape index (κ2) is 4.91. The number of phenolic OH excluding ortho intramolecular Hbond substituents is 1. The monoisotopic (exact) mass is 208 g/mol. The number of anilines is 2. The number of aromatic hydroxyl groups is 1. The van der Waals surface area contributed by atoms with Crippen molar-refractivity contribution in [3.05, 3.63) is 18.2 Å². The quantitative estimate of drug-likeness (QED) is 0.666. The normalized spacial score (nSPS) is 10.8. The van der Waals surface area contributed by atoms with Crippen LogP contribution >= 0.6 is 0 Å². The van der Waals surface area contributed by atoms with E-state index in [1.54, 1.807) is 6.07 Å². The predicted molar refractivity (Wildman–Crippen MR) is 65.6 cm³/mol. The molecule has 3 heteroatoms. The lowest BCUT2D eigenvalue weighted by Gasteiger charge is -2.14. The largest absolute Gasteiger partial charge is 0.506 e. The highest BCUT2D eigenvalue weighted by atomic mass is 16.3. The third-order valence-corrected chi connectivity index (χ3v) is 1.90. The van der Waals surface area contributed by atoms with Crippen LogP contribution in [0, 0.1) is 0 Å². The van der Waals surface area contributed by atoms with E-state index in [0.29, 0.717) is 12.1 Å². The molecule has 1 rings (SSSR count). The van der Waals surface area contributed by atoms with Gasteiger partial charge in [-0.25, -0.2) is 0 Å². The van der Waals surface area contributed by atoms with Gasteiger partial charge in [0.2, 0.25) is 0 Å². The van der Waals surface area contributed by atoms with E-state index in [4.69, 9.17) is 0 Å². The van der Waals surface area contributed by atoms with Crippen molar-refractivity contribution in [1.29, 1.82) is 0 Å².